The van der Waals surface area contributed by atoms with Crippen molar-refractivity contribution in [3.63, 3.8) is 0 Å². The minimum Gasteiger partial charge on any atom is -0.0660 e. The van der Waals surface area contributed by atoms with Crippen LogP contribution in [0.4, 0.5) is 0 Å². The molecule has 0 aromatic rings. The third-order valence-corrected chi connectivity index (χ3v) is 6.00. The summed E-state index contributed by atoms with van der Waals surface area (Å²) in [5.41, 5.74) is 5.72. The van der Waals surface area contributed by atoms with Gasteiger partial charge in [0.15, 0.2) is 0 Å². The van der Waals surface area contributed by atoms with Crippen LogP contribution in [0.25, 0.3) is 0 Å². The third kappa shape index (κ3) is 2.45. The molecular formula is C14H18P2. The molecule has 2 heteroatoms. The lowest BCUT2D eigenvalue weighted by molar-refractivity contribution is 1.33. The molecule has 0 radical (unpaired) electrons. The Labute approximate surface area is 102 Å². The van der Waals surface area contributed by atoms with Gasteiger partial charge in [-0.25, -0.2) is 0 Å². The van der Waals surface area contributed by atoms with E-state index in [4.69, 9.17) is 0 Å². The van der Waals surface area contributed by atoms with Crippen LogP contribution in [-0.2, 0) is 0 Å². The highest BCUT2D eigenvalue weighted by atomic mass is 31.1. The van der Waals surface area contributed by atoms with Gasteiger partial charge in [-0.15, -0.1) is 0 Å². The molecule has 0 nitrogen and oxygen atoms in total. The summed E-state index contributed by atoms with van der Waals surface area (Å²) in [4.78, 5) is 0. The Morgan fingerprint density at radius 2 is 1.00 bits per heavy atom. The first-order chi connectivity index (χ1) is 7.58. The molecule has 0 aromatic carbocycles. The number of allylic oxidation sites excluding steroid dienone is 8. The SMILES string of the molecule is CC1=CP/C(=C2/C=C(C)C(C)=CP2)C=C1C. The molecule has 2 rings (SSSR count). The Morgan fingerprint density at radius 1 is 0.625 bits per heavy atom. The van der Waals surface area contributed by atoms with E-state index in [2.05, 4.69) is 51.5 Å². The van der Waals surface area contributed by atoms with Gasteiger partial charge < -0.3 is 0 Å². The third-order valence-electron chi connectivity index (χ3n) is 3.14. The summed E-state index contributed by atoms with van der Waals surface area (Å²) in [6.07, 6.45) is 4.74. The summed E-state index contributed by atoms with van der Waals surface area (Å²) in [7, 11) is 1.69. The van der Waals surface area contributed by atoms with E-state index < -0.39 is 0 Å². The molecule has 2 aliphatic rings. The highest BCUT2D eigenvalue weighted by Crippen LogP contribution is 2.46. The molecule has 0 aliphatic carbocycles. The Hall–Kier alpha value is -0.440. The molecule has 2 unspecified atom stereocenters. The topological polar surface area (TPSA) is 0 Å². The van der Waals surface area contributed by atoms with Crippen molar-refractivity contribution in [3.05, 3.63) is 56.7 Å². The molecule has 2 heterocycles. The fraction of sp³-hybridized carbons (Fsp3) is 0.286. The fourth-order valence-corrected chi connectivity index (χ4v) is 4.34. The van der Waals surface area contributed by atoms with Crippen molar-refractivity contribution in [2.24, 2.45) is 0 Å². The fourth-order valence-electron chi connectivity index (χ4n) is 1.65. The van der Waals surface area contributed by atoms with Crippen molar-refractivity contribution in [2.75, 3.05) is 0 Å². The van der Waals surface area contributed by atoms with Crippen LogP contribution in [0.5, 0.6) is 0 Å². The Kier molecular flexibility index (Phi) is 3.63. The van der Waals surface area contributed by atoms with E-state index in [1.54, 1.807) is 0 Å². The highest BCUT2D eigenvalue weighted by molar-refractivity contribution is 7.51. The van der Waals surface area contributed by atoms with E-state index in [0.717, 1.165) is 17.2 Å². The molecule has 84 valence electrons. The number of hydrogen-bond acceptors (Lipinski definition) is 0. The quantitative estimate of drug-likeness (QED) is 0.511. The molecule has 0 amide bonds. The van der Waals surface area contributed by atoms with E-state index >= 15 is 0 Å². The normalized spacial score (nSPS) is 28.8. The summed E-state index contributed by atoms with van der Waals surface area (Å²) < 4.78 is 0. The molecule has 2 atom stereocenters. The molecule has 0 bridgehead atoms. The van der Waals surface area contributed by atoms with Crippen molar-refractivity contribution >= 4 is 17.2 Å². The monoisotopic (exact) mass is 248 g/mol. The predicted molar refractivity (Wildman–Crippen MR) is 78.7 cm³/mol. The molecule has 0 saturated heterocycles. The van der Waals surface area contributed by atoms with Crippen LogP contribution in [0, 0.1) is 0 Å². The van der Waals surface area contributed by atoms with Gasteiger partial charge in [0.1, 0.15) is 0 Å². The molecule has 16 heavy (non-hydrogen) atoms. The van der Waals surface area contributed by atoms with Gasteiger partial charge in [-0.3, -0.25) is 0 Å². The second-order valence-electron chi connectivity index (χ2n) is 4.43. The minimum absolute atomic E-state index is 0.846. The van der Waals surface area contributed by atoms with Crippen LogP contribution in [0.15, 0.2) is 56.7 Å². The van der Waals surface area contributed by atoms with Crippen LogP contribution in [0.2, 0.25) is 0 Å². The summed E-state index contributed by atoms with van der Waals surface area (Å²) in [5, 5.41) is 3.06. The van der Waals surface area contributed by atoms with Crippen molar-refractivity contribution in [3.8, 4) is 0 Å². The summed E-state index contributed by atoms with van der Waals surface area (Å²) in [6.45, 7) is 8.82. The smallest absolute Gasteiger partial charge is 0.0152 e. The van der Waals surface area contributed by atoms with Crippen molar-refractivity contribution in [1.29, 1.82) is 0 Å². The van der Waals surface area contributed by atoms with Crippen LogP contribution >= 0.6 is 17.2 Å². The Balaban J connectivity index is 2.34. The molecule has 2 aliphatic heterocycles. The lowest BCUT2D eigenvalue weighted by atomic mass is 10.1. The second-order valence-corrected chi connectivity index (χ2v) is 6.66. The van der Waals surface area contributed by atoms with Crippen LogP contribution in [0.1, 0.15) is 27.7 Å². The summed E-state index contributed by atoms with van der Waals surface area (Å²) in [6, 6.07) is 0. The second kappa shape index (κ2) is 4.82. The standard InChI is InChI=1S/C14H18P2/c1-9-5-13(15-7-11(9)3)14-6-10(2)12(4)8-16-14/h5-8,15-16H,1-4H3/b14-13-. The van der Waals surface area contributed by atoms with Gasteiger partial charge in [0.05, 0.1) is 0 Å². The predicted octanol–water partition coefficient (Wildman–Crippen LogP) is 5.28. The molecular weight excluding hydrogens is 230 g/mol. The van der Waals surface area contributed by atoms with E-state index in [-0.39, 0.29) is 0 Å². The van der Waals surface area contributed by atoms with Crippen molar-refractivity contribution < 1.29 is 0 Å². The maximum Gasteiger partial charge on any atom is -0.0152 e. The van der Waals surface area contributed by atoms with E-state index in [1.807, 2.05) is 0 Å². The molecule has 0 N–H and O–H groups in total. The largest absolute Gasteiger partial charge is 0.0660 e. The molecule has 0 fully saturated rings. The molecule has 0 spiro atoms. The van der Waals surface area contributed by atoms with Gasteiger partial charge in [0, 0.05) is 0 Å². The average molecular weight is 248 g/mol. The van der Waals surface area contributed by atoms with Gasteiger partial charge in [0.2, 0.25) is 0 Å². The lowest BCUT2D eigenvalue weighted by Crippen LogP contribution is -1.90. The lowest BCUT2D eigenvalue weighted by Gasteiger charge is -2.17. The zero-order valence-corrected chi connectivity index (χ0v) is 12.3. The van der Waals surface area contributed by atoms with Crippen molar-refractivity contribution in [1.82, 2.24) is 0 Å². The van der Waals surface area contributed by atoms with Crippen LogP contribution < -0.4 is 0 Å². The summed E-state index contributed by atoms with van der Waals surface area (Å²) >= 11 is 0. The number of hydrogen-bond donors (Lipinski definition) is 0. The Bertz CT molecular complexity index is 427. The maximum absolute atomic E-state index is 2.37. The first-order valence-electron chi connectivity index (χ1n) is 5.56. The minimum atomic E-state index is 0.846. The Morgan fingerprint density at radius 3 is 1.31 bits per heavy atom. The van der Waals surface area contributed by atoms with E-state index in [1.165, 1.54) is 32.9 Å². The van der Waals surface area contributed by atoms with Gasteiger partial charge in [-0.1, -0.05) is 40.9 Å². The first kappa shape index (κ1) is 12.0. The zero-order chi connectivity index (χ0) is 11.7. The van der Waals surface area contributed by atoms with Gasteiger partial charge in [-0.2, -0.15) is 0 Å². The molecule has 0 saturated carbocycles. The van der Waals surface area contributed by atoms with Gasteiger partial charge in [-0.05, 0) is 60.6 Å². The van der Waals surface area contributed by atoms with E-state index in [9.17, 15) is 0 Å². The zero-order valence-electron chi connectivity index (χ0n) is 10.3. The van der Waals surface area contributed by atoms with Gasteiger partial charge >= 0.3 is 0 Å². The van der Waals surface area contributed by atoms with Crippen LogP contribution in [0.3, 0.4) is 0 Å². The van der Waals surface area contributed by atoms with Crippen molar-refractivity contribution in [2.45, 2.75) is 27.7 Å². The van der Waals surface area contributed by atoms with E-state index in [0.29, 0.717) is 0 Å². The summed E-state index contributed by atoms with van der Waals surface area (Å²) in [5.74, 6) is 4.74. The average Bonchev–Trinajstić information content (AvgIpc) is 2.26. The highest BCUT2D eigenvalue weighted by Gasteiger charge is 2.10. The first-order valence-corrected chi connectivity index (χ1v) is 7.71. The van der Waals surface area contributed by atoms with Gasteiger partial charge in [0.25, 0.3) is 0 Å². The number of rotatable bonds is 0. The maximum atomic E-state index is 2.37. The van der Waals surface area contributed by atoms with Crippen LogP contribution in [-0.4, -0.2) is 0 Å². The molecule has 0 aromatic heterocycles.